The van der Waals surface area contributed by atoms with Gasteiger partial charge in [0, 0.05) is 19.0 Å². The number of hydrogen-bond donors (Lipinski definition) is 4. The third-order valence-electron chi connectivity index (χ3n) is 4.71. The van der Waals surface area contributed by atoms with Crippen molar-refractivity contribution in [2.45, 2.75) is 64.2 Å². The Morgan fingerprint density at radius 1 is 1.16 bits per heavy atom. The van der Waals surface area contributed by atoms with Crippen molar-refractivity contribution in [1.29, 1.82) is 0 Å². The molecular formula is C18H31N5O2. The molecule has 1 aliphatic carbocycles. The number of carbonyl (C=O) groups is 2. The molecule has 1 fully saturated rings. The summed E-state index contributed by atoms with van der Waals surface area (Å²) < 4.78 is 0. The summed E-state index contributed by atoms with van der Waals surface area (Å²) in [6, 6.07) is 1.59. The molecule has 0 radical (unpaired) electrons. The molecule has 1 heterocycles. The van der Waals surface area contributed by atoms with Gasteiger partial charge in [0.25, 0.3) is 5.91 Å². The van der Waals surface area contributed by atoms with Crippen molar-refractivity contribution in [3.8, 4) is 0 Å². The average molecular weight is 349 g/mol. The minimum absolute atomic E-state index is 0.0229. The topological polar surface area (TPSA) is 113 Å². The highest BCUT2D eigenvalue weighted by Gasteiger charge is 2.18. The number of nitrogens with two attached hydrogens (primary N) is 1. The zero-order chi connectivity index (χ0) is 17.9. The van der Waals surface area contributed by atoms with Crippen LogP contribution in [0, 0.1) is 5.92 Å². The fourth-order valence-corrected chi connectivity index (χ4v) is 3.27. The number of nitrogens with zero attached hydrogens (tertiary/aromatic N) is 1. The van der Waals surface area contributed by atoms with Crippen LogP contribution in [0.25, 0.3) is 0 Å². The molecule has 1 saturated carbocycles. The number of carbonyl (C=O) groups excluding carboxylic acids is 2. The molecule has 2 rings (SSSR count). The standard InChI is InChI=1S/C18H31N5O2/c19-10-6-1-2-7-11-20-18(25)15-13-16(23-22-15)21-17(24)12-14-8-4-3-5-9-14/h13-14H,1-12,19H2,(H,20,25)(H2,21,22,23,24). The van der Waals surface area contributed by atoms with E-state index < -0.39 is 0 Å². The van der Waals surface area contributed by atoms with E-state index in [-0.39, 0.29) is 11.8 Å². The molecule has 7 heteroatoms. The highest BCUT2D eigenvalue weighted by molar-refractivity contribution is 5.95. The summed E-state index contributed by atoms with van der Waals surface area (Å²) in [5, 5.41) is 12.3. The van der Waals surface area contributed by atoms with Gasteiger partial charge >= 0.3 is 0 Å². The first-order valence-corrected chi connectivity index (χ1v) is 9.52. The Morgan fingerprint density at radius 3 is 2.68 bits per heavy atom. The zero-order valence-electron chi connectivity index (χ0n) is 15.0. The van der Waals surface area contributed by atoms with E-state index in [4.69, 9.17) is 5.73 Å². The van der Waals surface area contributed by atoms with Crippen LogP contribution < -0.4 is 16.4 Å². The molecule has 140 valence electrons. The molecule has 1 aromatic heterocycles. The molecule has 25 heavy (non-hydrogen) atoms. The fraction of sp³-hybridized carbons (Fsp3) is 0.722. The third-order valence-corrected chi connectivity index (χ3v) is 4.71. The van der Waals surface area contributed by atoms with Gasteiger partial charge in [0.2, 0.25) is 5.91 Å². The molecular weight excluding hydrogens is 318 g/mol. The van der Waals surface area contributed by atoms with Gasteiger partial charge < -0.3 is 16.4 Å². The summed E-state index contributed by atoms with van der Waals surface area (Å²) in [4.78, 5) is 24.1. The first kappa shape index (κ1) is 19.4. The van der Waals surface area contributed by atoms with Crippen molar-refractivity contribution < 1.29 is 9.59 Å². The van der Waals surface area contributed by atoms with E-state index in [2.05, 4.69) is 20.8 Å². The lowest BCUT2D eigenvalue weighted by Crippen LogP contribution is -2.24. The van der Waals surface area contributed by atoms with Crippen LogP contribution in [0.4, 0.5) is 5.82 Å². The van der Waals surface area contributed by atoms with Gasteiger partial charge in [0.1, 0.15) is 5.69 Å². The first-order chi connectivity index (χ1) is 12.2. The predicted octanol–water partition coefficient (Wildman–Crippen LogP) is 2.57. The molecule has 0 aliphatic heterocycles. The van der Waals surface area contributed by atoms with Gasteiger partial charge in [-0.3, -0.25) is 14.7 Å². The van der Waals surface area contributed by atoms with Gasteiger partial charge in [-0.05, 0) is 38.1 Å². The summed E-state index contributed by atoms with van der Waals surface area (Å²) in [5.41, 5.74) is 5.82. The van der Waals surface area contributed by atoms with E-state index in [1.54, 1.807) is 6.07 Å². The van der Waals surface area contributed by atoms with Crippen LogP contribution >= 0.6 is 0 Å². The maximum Gasteiger partial charge on any atom is 0.269 e. The van der Waals surface area contributed by atoms with Crippen molar-refractivity contribution in [2.24, 2.45) is 11.7 Å². The largest absolute Gasteiger partial charge is 0.351 e. The van der Waals surface area contributed by atoms with Gasteiger partial charge in [0.15, 0.2) is 5.82 Å². The number of hydrogen-bond acceptors (Lipinski definition) is 4. The quantitative estimate of drug-likeness (QED) is 0.486. The molecule has 1 aromatic rings. The number of anilines is 1. The van der Waals surface area contributed by atoms with Crippen LogP contribution in [0.2, 0.25) is 0 Å². The Balaban J connectivity index is 1.67. The van der Waals surface area contributed by atoms with Crippen LogP contribution in [0.1, 0.15) is 74.7 Å². The Kier molecular flexibility index (Phi) is 8.45. The van der Waals surface area contributed by atoms with Crippen molar-refractivity contribution in [3.05, 3.63) is 11.8 Å². The van der Waals surface area contributed by atoms with E-state index in [9.17, 15) is 9.59 Å². The van der Waals surface area contributed by atoms with Crippen molar-refractivity contribution in [3.63, 3.8) is 0 Å². The van der Waals surface area contributed by atoms with Gasteiger partial charge in [-0.2, -0.15) is 5.10 Å². The summed E-state index contributed by atoms with van der Waals surface area (Å²) in [7, 11) is 0. The van der Waals surface area contributed by atoms with Crippen LogP contribution in [0.15, 0.2) is 6.07 Å². The second-order valence-electron chi connectivity index (χ2n) is 6.88. The third kappa shape index (κ3) is 7.25. The van der Waals surface area contributed by atoms with Crippen LogP contribution in [0.3, 0.4) is 0 Å². The molecule has 0 bridgehead atoms. The number of aromatic nitrogens is 2. The number of H-pyrrole nitrogens is 1. The SMILES string of the molecule is NCCCCCCNC(=O)c1cc(NC(=O)CC2CCCCC2)n[nH]1. The first-order valence-electron chi connectivity index (χ1n) is 9.52. The maximum absolute atomic E-state index is 12.1. The summed E-state index contributed by atoms with van der Waals surface area (Å²) in [6.45, 7) is 1.35. The van der Waals surface area contributed by atoms with Crippen LogP contribution in [0.5, 0.6) is 0 Å². The van der Waals surface area contributed by atoms with Crippen LogP contribution in [-0.4, -0.2) is 35.1 Å². The Bertz CT molecular complexity index is 537. The normalized spacial score (nSPS) is 15.1. The van der Waals surface area contributed by atoms with Gasteiger partial charge in [-0.15, -0.1) is 0 Å². The molecule has 0 atom stereocenters. The number of amides is 2. The lowest BCUT2D eigenvalue weighted by atomic mass is 9.87. The van der Waals surface area contributed by atoms with E-state index in [1.165, 1.54) is 19.3 Å². The van der Waals surface area contributed by atoms with E-state index >= 15 is 0 Å². The van der Waals surface area contributed by atoms with Gasteiger partial charge in [-0.25, -0.2) is 0 Å². The molecule has 5 N–H and O–H groups in total. The second-order valence-corrected chi connectivity index (χ2v) is 6.88. The lowest BCUT2D eigenvalue weighted by Gasteiger charge is -2.20. The molecule has 2 amide bonds. The molecule has 0 saturated heterocycles. The Labute approximate surface area is 149 Å². The van der Waals surface area contributed by atoms with Gasteiger partial charge in [-0.1, -0.05) is 32.1 Å². The zero-order valence-corrected chi connectivity index (χ0v) is 15.0. The van der Waals surface area contributed by atoms with E-state index in [0.717, 1.165) is 45.1 Å². The number of aromatic amines is 1. The van der Waals surface area contributed by atoms with Crippen LogP contribution in [-0.2, 0) is 4.79 Å². The molecule has 7 nitrogen and oxygen atoms in total. The number of nitrogens with one attached hydrogen (secondary N) is 3. The minimum atomic E-state index is -0.195. The monoisotopic (exact) mass is 349 g/mol. The van der Waals surface area contributed by atoms with Crippen molar-refractivity contribution in [2.75, 3.05) is 18.4 Å². The Morgan fingerprint density at radius 2 is 1.92 bits per heavy atom. The number of rotatable bonds is 10. The average Bonchev–Trinajstić information content (AvgIpc) is 3.07. The lowest BCUT2D eigenvalue weighted by molar-refractivity contribution is -0.117. The summed E-state index contributed by atoms with van der Waals surface area (Å²) in [5.74, 6) is 0.674. The van der Waals surface area contributed by atoms with Crippen molar-refractivity contribution >= 4 is 17.6 Å². The molecule has 0 spiro atoms. The highest BCUT2D eigenvalue weighted by atomic mass is 16.2. The second kappa shape index (κ2) is 10.9. The van der Waals surface area contributed by atoms with E-state index in [1.807, 2.05) is 0 Å². The predicted molar refractivity (Wildman–Crippen MR) is 98.3 cm³/mol. The maximum atomic E-state index is 12.1. The smallest absolute Gasteiger partial charge is 0.269 e. The molecule has 0 aromatic carbocycles. The van der Waals surface area contributed by atoms with Crippen molar-refractivity contribution in [1.82, 2.24) is 15.5 Å². The fourth-order valence-electron chi connectivity index (χ4n) is 3.27. The minimum Gasteiger partial charge on any atom is -0.351 e. The summed E-state index contributed by atoms with van der Waals surface area (Å²) >= 11 is 0. The highest BCUT2D eigenvalue weighted by Crippen LogP contribution is 2.26. The van der Waals surface area contributed by atoms with E-state index in [0.29, 0.717) is 30.4 Å². The number of unbranched alkanes of at least 4 members (excludes halogenated alkanes) is 3. The molecule has 0 unspecified atom stereocenters. The Hall–Kier alpha value is -1.89. The van der Waals surface area contributed by atoms with Gasteiger partial charge in [0.05, 0.1) is 0 Å². The molecule has 1 aliphatic rings. The summed E-state index contributed by atoms with van der Waals surface area (Å²) in [6.07, 6.45) is 10.6.